The fourth-order valence-electron chi connectivity index (χ4n) is 1.59. The van der Waals surface area contributed by atoms with Crippen molar-refractivity contribution in [1.82, 2.24) is 0 Å². The molecule has 0 aromatic rings. The number of carbonyl (C=O) groups is 1. The van der Waals surface area contributed by atoms with Crippen LogP contribution in [0.2, 0.25) is 0 Å². The van der Waals surface area contributed by atoms with Gasteiger partial charge in [-0.3, -0.25) is 4.79 Å². The van der Waals surface area contributed by atoms with Gasteiger partial charge in [0.2, 0.25) is 0 Å². The van der Waals surface area contributed by atoms with Crippen molar-refractivity contribution >= 4 is 29.2 Å². The molecule has 1 saturated carbocycles. The topological polar surface area (TPSA) is 26.3 Å². The molecule has 0 radical (unpaired) electrons. The first-order chi connectivity index (χ1) is 7.07. The monoisotopic (exact) mass is 254 g/mol. The highest BCUT2D eigenvalue weighted by Gasteiger charge is 2.18. The highest BCUT2D eigenvalue weighted by molar-refractivity contribution is 6.44. The van der Waals surface area contributed by atoms with Crippen molar-refractivity contribution in [3.8, 4) is 0 Å². The zero-order chi connectivity index (χ0) is 11.7. The second kappa shape index (κ2) is 9.29. The van der Waals surface area contributed by atoms with Crippen LogP contribution < -0.4 is 0 Å². The molecule has 0 heterocycles. The van der Waals surface area contributed by atoms with E-state index < -0.39 is 0 Å². The molecule has 0 bridgehead atoms. The van der Waals surface area contributed by atoms with Crippen LogP contribution in [0.25, 0.3) is 0 Å². The third kappa shape index (κ3) is 9.01. The number of hydrogen-bond donors (Lipinski definition) is 0. The van der Waals surface area contributed by atoms with Gasteiger partial charge in [-0.1, -0.05) is 19.3 Å². The van der Waals surface area contributed by atoms with Crippen LogP contribution in [0.3, 0.4) is 0 Å². The van der Waals surface area contributed by atoms with E-state index in [4.69, 9.17) is 23.2 Å². The zero-order valence-electron chi connectivity index (χ0n) is 9.47. The Morgan fingerprint density at radius 3 is 2.07 bits per heavy atom. The number of rotatable bonds is 2. The number of alkyl halides is 2. The maximum Gasteiger partial charge on any atom is 0.302 e. The van der Waals surface area contributed by atoms with Crippen molar-refractivity contribution in [2.45, 2.75) is 50.8 Å². The Balaban J connectivity index is 0.000000288. The predicted molar refractivity (Wildman–Crippen MR) is 64.4 cm³/mol. The van der Waals surface area contributed by atoms with Gasteiger partial charge in [0.25, 0.3) is 0 Å². The van der Waals surface area contributed by atoms with Crippen molar-refractivity contribution in [3.63, 3.8) is 0 Å². The molecule has 1 aliphatic carbocycles. The Morgan fingerprint density at radius 2 is 1.87 bits per heavy atom. The van der Waals surface area contributed by atoms with E-state index >= 15 is 0 Å². The molecule has 1 fully saturated rings. The Kier molecular flexibility index (Phi) is 9.32. The molecule has 90 valence electrons. The molecular formula is C11H20Cl2O2. The van der Waals surface area contributed by atoms with Crippen LogP contribution in [0.15, 0.2) is 0 Å². The smallest absolute Gasteiger partial charge is 0.302 e. The van der Waals surface area contributed by atoms with E-state index in [1.165, 1.54) is 39.0 Å². The van der Waals surface area contributed by atoms with Crippen LogP contribution >= 0.6 is 23.2 Å². The fraction of sp³-hybridized carbons (Fsp3) is 0.909. The molecule has 0 saturated heterocycles. The van der Waals surface area contributed by atoms with Gasteiger partial charge in [-0.25, -0.2) is 0 Å². The lowest BCUT2D eigenvalue weighted by atomic mass is 9.91. The second-order valence-corrected chi connectivity index (χ2v) is 4.82. The minimum Gasteiger partial charge on any atom is -0.466 e. The third-order valence-corrected chi connectivity index (χ3v) is 3.07. The summed E-state index contributed by atoms with van der Waals surface area (Å²) in [5.41, 5.74) is 0. The van der Waals surface area contributed by atoms with Crippen LogP contribution in [0, 0.1) is 5.92 Å². The van der Waals surface area contributed by atoms with Gasteiger partial charge in [-0.05, 0) is 25.7 Å². The summed E-state index contributed by atoms with van der Waals surface area (Å²) >= 11 is 11.4. The van der Waals surface area contributed by atoms with Crippen molar-refractivity contribution in [2.24, 2.45) is 5.92 Å². The molecule has 15 heavy (non-hydrogen) atoms. The summed E-state index contributed by atoms with van der Waals surface area (Å²) in [6.07, 6.45) is 6.48. The maximum atomic E-state index is 9.82. The van der Waals surface area contributed by atoms with Gasteiger partial charge in [-0.2, -0.15) is 0 Å². The first-order valence-corrected chi connectivity index (χ1v) is 6.36. The molecule has 4 heteroatoms. The van der Waals surface area contributed by atoms with Gasteiger partial charge in [-0.15, -0.1) is 23.2 Å². The Morgan fingerprint density at radius 1 is 1.33 bits per heavy atom. The SMILES string of the molecule is CCOC(C)=O.ClC(Cl)C1CCCCC1. The minimum atomic E-state index is -0.211. The number of carbonyl (C=O) groups excluding carboxylic acids is 1. The normalized spacial score (nSPS) is 16.9. The molecule has 0 spiro atoms. The van der Waals surface area contributed by atoms with E-state index in [2.05, 4.69) is 4.74 Å². The number of ether oxygens (including phenoxy) is 1. The number of hydrogen-bond acceptors (Lipinski definition) is 2. The summed E-state index contributed by atoms with van der Waals surface area (Å²) in [5, 5.41) is 0. The van der Waals surface area contributed by atoms with Gasteiger partial charge >= 0.3 is 5.97 Å². The summed E-state index contributed by atoms with van der Waals surface area (Å²) in [5.74, 6) is 0.375. The average molecular weight is 255 g/mol. The van der Waals surface area contributed by atoms with Gasteiger partial charge in [0.1, 0.15) is 4.84 Å². The Hall–Kier alpha value is 0.0500. The first-order valence-electron chi connectivity index (χ1n) is 5.49. The molecule has 1 rings (SSSR count). The van der Waals surface area contributed by atoms with Crippen LogP contribution in [-0.2, 0) is 9.53 Å². The number of halogens is 2. The summed E-state index contributed by atoms with van der Waals surface area (Å²) in [7, 11) is 0. The second-order valence-electron chi connectivity index (χ2n) is 3.66. The van der Waals surface area contributed by atoms with E-state index in [9.17, 15) is 4.79 Å². The summed E-state index contributed by atoms with van der Waals surface area (Å²) in [6.45, 7) is 3.65. The molecule has 0 aromatic carbocycles. The molecule has 0 unspecified atom stereocenters. The van der Waals surface area contributed by atoms with Crippen LogP contribution in [0.4, 0.5) is 0 Å². The van der Waals surface area contributed by atoms with Crippen molar-refractivity contribution < 1.29 is 9.53 Å². The van der Waals surface area contributed by atoms with E-state index in [0.717, 1.165) is 0 Å². The minimum absolute atomic E-state index is 0.120. The van der Waals surface area contributed by atoms with Gasteiger partial charge in [0.15, 0.2) is 0 Å². The molecule has 2 nitrogen and oxygen atoms in total. The van der Waals surface area contributed by atoms with E-state index in [0.29, 0.717) is 12.5 Å². The predicted octanol–water partition coefficient (Wildman–Crippen LogP) is 3.94. The maximum absolute atomic E-state index is 9.82. The van der Waals surface area contributed by atoms with E-state index in [-0.39, 0.29) is 10.8 Å². The molecule has 0 aromatic heterocycles. The highest BCUT2D eigenvalue weighted by atomic mass is 35.5. The Labute approximate surface area is 102 Å². The molecule has 1 aliphatic rings. The zero-order valence-corrected chi connectivity index (χ0v) is 11.0. The highest BCUT2D eigenvalue weighted by Crippen LogP contribution is 2.30. The first kappa shape index (κ1) is 15.0. The van der Waals surface area contributed by atoms with E-state index in [1.54, 1.807) is 6.92 Å². The molecule has 0 aliphatic heterocycles. The molecule has 0 atom stereocenters. The van der Waals surface area contributed by atoms with Crippen molar-refractivity contribution in [2.75, 3.05) is 6.61 Å². The van der Waals surface area contributed by atoms with Gasteiger partial charge in [0.05, 0.1) is 6.61 Å². The molecule has 0 N–H and O–H groups in total. The summed E-state index contributed by atoms with van der Waals surface area (Å²) < 4.78 is 4.40. The summed E-state index contributed by atoms with van der Waals surface area (Å²) in [6, 6.07) is 0. The van der Waals surface area contributed by atoms with E-state index in [1.807, 2.05) is 0 Å². The van der Waals surface area contributed by atoms with Gasteiger partial charge < -0.3 is 4.74 Å². The lowest BCUT2D eigenvalue weighted by Gasteiger charge is -2.21. The quantitative estimate of drug-likeness (QED) is 0.551. The molecule has 0 amide bonds. The molecular weight excluding hydrogens is 235 g/mol. The van der Waals surface area contributed by atoms with Crippen LogP contribution in [-0.4, -0.2) is 17.4 Å². The van der Waals surface area contributed by atoms with Crippen LogP contribution in [0.5, 0.6) is 0 Å². The van der Waals surface area contributed by atoms with Gasteiger partial charge in [0, 0.05) is 6.92 Å². The Bertz CT molecular complexity index is 166. The lowest BCUT2D eigenvalue weighted by Crippen LogP contribution is -2.12. The average Bonchev–Trinajstić information content (AvgIpc) is 2.20. The third-order valence-electron chi connectivity index (χ3n) is 2.35. The largest absolute Gasteiger partial charge is 0.466 e. The van der Waals surface area contributed by atoms with Crippen LogP contribution in [0.1, 0.15) is 46.0 Å². The van der Waals surface area contributed by atoms with Crippen molar-refractivity contribution in [1.29, 1.82) is 0 Å². The lowest BCUT2D eigenvalue weighted by molar-refractivity contribution is -0.140. The fourth-order valence-corrected chi connectivity index (χ4v) is 2.09. The number of esters is 1. The van der Waals surface area contributed by atoms with Crippen molar-refractivity contribution in [3.05, 3.63) is 0 Å². The standard InChI is InChI=1S/C7H12Cl2.C4H8O2/c8-7(9)6-4-2-1-3-5-6;1-3-6-4(2)5/h6-7H,1-5H2;3H2,1-2H3. The summed E-state index contributed by atoms with van der Waals surface area (Å²) in [4.78, 5) is 9.70.